The minimum atomic E-state index is 0.149. The molecule has 1 saturated heterocycles. The van der Waals surface area contributed by atoms with Crippen molar-refractivity contribution in [3.8, 4) is 0 Å². The number of carbonyl (C=O) groups is 1. The van der Waals surface area contributed by atoms with Crippen molar-refractivity contribution < 1.29 is 4.79 Å². The van der Waals surface area contributed by atoms with Crippen LogP contribution in [0.25, 0.3) is 0 Å². The van der Waals surface area contributed by atoms with Crippen molar-refractivity contribution in [3.63, 3.8) is 0 Å². The Kier molecular flexibility index (Phi) is 8.10. The molecule has 0 aromatic carbocycles. The van der Waals surface area contributed by atoms with Crippen LogP contribution in [-0.2, 0) is 4.79 Å². The molecule has 1 aliphatic rings. The molecule has 0 bridgehead atoms. The molecule has 0 aromatic rings. The van der Waals surface area contributed by atoms with E-state index in [-0.39, 0.29) is 5.91 Å². The fraction of sp³-hybridized carbons (Fsp3) is 0.562. The van der Waals surface area contributed by atoms with Crippen LogP contribution in [0.1, 0.15) is 47.5 Å². The van der Waals surface area contributed by atoms with Gasteiger partial charge in [0.1, 0.15) is 0 Å². The summed E-state index contributed by atoms with van der Waals surface area (Å²) in [5.74, 6) is 0.149. The first-order valence-corrected chi connectivity index (χ1v) is 6.86. The predicted octanol–water partition coefficient (Wildman–Crippen LogP) is 4.10. The van der Waals surface area contributed by atoms with Gasteiger partial charge in [-0.25, -0.2) is 0 Å². The third-order valence-corrected chi connectivity index (χ3v) is 3.00. The minimum absolute atomic E-state index is 0.149. The van der Waals surface area contributed by atoms with Crippen molar-refractivity contribution in [3.05, 3.63) is 35.5 Å². The van der Waals surface area contributed by atoms with E-state index in [9.17, 15) is 4.79 Å². The average Bonchev–Trinajstić information content (AvgIpc) is 2.90. The Morgan fingerprint density at radius 3 is 2.06 bits per heavy atom. The van der Waals surface area contributed by atoms with E-state index in [1.54, 1.807) is 0 Å². The van der Waals surface area contributed by atoms with E-state index in [4.69, 9.17) is 0 Å². The van der Waals surface area contributed by atoms with Crippen LogP contribution in [0.5, 0.6) is 0 Å². The van der Waals surface area contributed by atoms with Gasteiger partial charge in [-0.1, -0.05) is 38.2 Å². The molecule has 0 radical (unpaired) electrons. The maximum absolute atomic E-state index is 12.3. The summed E-state index contributed by atoms with van der Waals surface area (Å²) >= 11 is 0. The average molecular weight is 249 g/mol. The van der Waals surface area contributed by atoms with Gasteiger partial charge in [-0.15, -0.1) is 0 Å². The second-order valence-corrected chi connectivity index (χ2v) is 4.32. The lowest BCUT2D eigenvalue weighted by atomic mass is 10.0. The first-order chi connectivity index (χ1) is 8.57. The van der Waals surface area contributed by atoms with Gasteiger partial charge in [-0.3, -0.25) is 4.79 Å². The van der Waals surface area contributed by atoms with Crippen LogP contribution in [0.3, 0.4) is 0 Å². The molecule has 0 atom stereocenters. The number of carbonyl (C=O) groups excluding carboxylic acids is 1. The molecule has 0 saturated carbocycles. The lowest BCUT2D eigenvalue weighted by Gasteiger charge is -2.17. The van der Waals surface area contributed by atoms with E-state index >= 15 is 0 Å². The molecule has 0 aromatic heterocycles. The molecule has 0 aliphatic carbocycles. The first kappa shape index (κ1) is 16.7. The van der Waals surface area contributed by atoms with Crippen molar-refractivity contribution >= 4 is 5.91 Å². The van der Waals surface area contributed by atoms with Gasteiger partial charge in [0.05, 0.1) is 0 Å². The monoisotopic (exact) mass is 249 g/mol. The molecule has 1 aliphatic heterocycles. The SMILES string of the molecule is C=C(C)/C(C)=C(\C=C/C)C(=O)N1CCCC1.CC. The third-order valence-electron chi connectivity index (χ3n) is 3.00. The Bertz CT molecular complexity index is 344. The van der Waals surface area contributed by atoms with Crippen LogP contribution in [0.2, 0.25) is 0 Å². The summed E-state index contributed by atoms with van der Waals surface area (Å²) < 4.78 is 0. The zero-order chi connectivity index (χ0) is 14.1. The Hall–Kier alpha value is -1.31. The number of rotatable bonds is 3. The van der Waals surface area contributed by atoms with Crippen LogP contribution in [-0.4, -0.2) is 23.9 Å². The molecule has 0 N–H and O–H groups in total. The van der Waals surface area contributed by atoms with Crippen LogP contribution in [0.4, 0.5) is 0 Å². The van der Waals surface area contributed by atoms with Crippen molar-refractivity contribution in [2.24, 2.45) is 0 Å². The molecular formula is C16H27NO. The second-order valence-electron chi connectivity index (χ2n) is 4.32. The maximum atomic E-state index is 12.3. The van der Waals surface area contributed by atoms with Gasteiger partial charge in [0.15, 0.2) is 0 Å². The van der Waals surface area contributed by atoms with Gasteiger partial charge in [-0.2, -0.15) is 0 Å². The fourth-order valence-electron chi connectivity index (χ4n) is 1.84. The largest absolute Gasteiger partial charge is 0.339 e. The Morgan fingerprint density at radius 1 is 1.17 bits per heavy atom. The molecule has 102 valence electrons. The Balaban J connectivity index is 0.00000137. The standard InChI is InChI=1S/C14H21NO.C2H6/c1-5-8-13(12(4)11(2)3)14(16)15-9-6-7-10-15;1-2/h5,8H,2,6-7,9-10H2,1,3-4H3;1-2H3/b8-5-,13-12+;. The highest BCUT2D eigenvalue weighted by molar-refractivity contribution is 5.97. The summed E-state index contributed by atoms with van der Waals surface area (Å²) in [6.45, 7) is 15.5. The maximum Gasteiger partial charge on any atom is 0.254 e. The highest BCUT2D eigenvalue weighted by Gasteiger charge is 2.21. The lowest BCUT2D eigenvalue weighted by molar-refractivity contribution is -0.125. The lowest BCUT2D eigenvalue weighted by Crippen LogP contribution is -2.29. The molecule has 1 fully saturated rings. The zero-order valence-electron chi connectivity index (χ0n) is 12.5. The number of hydrogen-bond donors (Lipinski definition) is 0. The first-order valence-electron chi connectivity index (χ1n) is 6.86. The molecule has 18 heavy (non-hydrogen) atoms. The van der Waals surface area contributed by atoms with E-state index < -0.39 is 0 Å². The van der Waals surface area contributed by atoms with Crippen molar-refractivity contribution in [1.29, 1.82) is 0 Å². The number of likely N-dealkylation sites (tertiary alicyclic amines) is 1. The number of hydrogen-bond acceptors (Lipinski definition) is 1. The van der Waals surface area contributed by atoms with Crippen LogP contribution >= 0.6 is 0 Å². The number of amides is 1. The van der Waals surface area contributed by atoms with Crippen molar-refractivity contribution in [2.75, 3.05) is 13.1 Å². The van der Waals surface area contributed by atoms with Crippen LogP contribution < -0.4 is 0 Å². The zero-order valence-corrected chi connectivity index (χ0v) is 12.5. The van der Waals surface area contributed by atoms with E-state index in [0.29, 0.717) is 0 Å². The van der Waals surface area contributed by atoms with Gasteiger partial charge < -0.3 is 4.90 Å². The van der Waals surface area contributed by atoms with E-state index in [0.717, 1.165) is 42.7 Å². The van der Waals surface area contributed by atoms with Gasteiger partial charge in [-0.05, 0) is 39.2 Å². The topological polar surface area (TPSA) is 20.3 Å². The predicted molar refractivity (Wildman–Crippen MR) is 79.5 cm³/mol. The number of allylic oxidation sites excluding steroid dienone is 3. The van der Waals surface area contributed by atoms with Gasteiger partial charge in [0.25, 0.3) is 5.91 Å². The molecule has 2 heteroatoms. The minimum Gasteiger partial charge on any atom is -0.339 e. The second kappa shape index (κ2) is 8.73. The summed E-state index contributed by atoms with van der Waals surface area (Å²) in [6, 6.07) is 0. The molecule has 2 nitrogen and oxygen atoms in total. The molecule has 1 amide bonds. The van der Waals surface area contributed by atoms with Crippen LogP contribution in [0.15, 0.2) is 35.5 Å². The Labute approximate surface area is 112 Å². The van der Waals surface area contributed by atoms with E-state index in [2.05, 4.69) is 6.58 Å². The summed E-state index contributed by atoms with van der Waals surface area (Å²) in [4.78, 5) is 14.2. The van der Waals surface area contributed by atoms with Gasteiger partial charge in [0.2, 0.25) is 0 Å². The number of nitrogens with zero attached hydrogens (tertiary/aromatic N) is 1. The smallest absolute Gasteiger partial charge is 0.254 e. The van der Waals surface area contributed by atoms with Gasteiger partial charge >= 0.3 is 0 Å². The van der Waals surface area contributed by atoms with E-state index in [1.807, 2.05) is 51.7 Å². The van der Waals surface area contributed by atoms with Crippen molar-refractivity contribution in [1.82, 2.24) is 4.90 Å². The molecule has 0 spiro atoms. The van der Waals surface area contributed by atoms with Crippen LogP contribution in [0, 0.1) is 0 Å². The van der Waals surface area contributed by atoms with Gasteiger partial charge in [0, 0.05) is 18.7 Å². The summed E-state index contributed by atoms with van der Waals surface area (Å²) in [6.07, 6.45) is 6.06. The molecule has 1 heterocycles. The highest BCUT2D eigenvalue weighted by atomic mass is 16.2. The molecular weight excluding hydrogens is 222 g/mol. The molecule has 0 unspecified atom stereocenters. The fourth-order valence-corrected chi connectivity index (χ4v) is 1.84. The summed E-state index contributed by atoms with van der Waals surface area (Å²) in [5, 5.41) is 0. The van der Waals surface area contributed by atoms with Crippen molar-refractivity contribution in [2.45, 2.75) is 47.5 Å². The quantitative estimate of drug-likeness (QED) is 0.544. The normalized spacial score (nSPS) is 16.2. The summed E-state index contributed by atoms with van der Waals surface area (Å²) in [5.41, 5.74) is 2.74. The third kappa shape index (κ3) is 4.52. The highest BCUT2D eigenvalue weighted by Crippen LogP contribution is 2.19. The Morgan fingerprint density at radius 2 is 1.67 bits per heavy atom. The van der Waals surface area contributed by atoms with E-state index in [1.165, 1.54) is 0 Å². The molecule has 1 rings (SSSR count). The summed E-state index contributed by atoms with van der Waals surface area (Å²) in [7, 11) is 0.